The molecule has 2 saturated heterocycles. The Kier molecular flexibility index (Phi) is 3.45. The highest BCUT2D eigenvalue weighted by Crippen LogP contribution is 2.35. The summed E-state index contributed by atoms with van der Waals surface area (Å²) in [7, 11) is 0. The van der Waals surface area contributed by atoms with Crippen LogP contribution in [0.25, 0.3) is 0 Å². The van der Waals surface area contributed by atoms with E-state index in [1.807, 2.05) is 0 Å². The molecule has 0 bridgehead atoms. The Morgan fingerprint density at radius 3 is 1.57 bits per heavy atom. The van der Waals surface area contributed by atoms with Crippen molar-refractivity contribution >= 4 is 0 Å². The highest BCUT2D eigenvalue weighted by Gasteiger charge is 2.33. The second kappa shape index (κ2) is 4.63. The third-order valence-electron chi connectivity index (χ3n) is 4.25. The molecular formula is C12H24N2. The van der Waals surface area contributed by atoms with Crippen LogP contribution in [0.2, 0.25) is 0 Å². The third-order valence-corrected chi connectivity index (χ3v) is 4.25. The molecule has 2 aliphatic heterocycles. The molecule has 82 valence electrons. The monoisotopic (exact) mass is 196 g/mol. The van der Waals surface area contributed by atoms with Gasteiger partial charge in [-0.2, -0.15) is 0 Å². The highest BCUT2D eigenvalue weighted by molar-refractivity contribution is 4.86. The Morgan fingerprint density at radius 1 is 0.786 bits per heavy atom. The van der Waals surface area contributed by atoms with Gasteiger partial charge in [0.2, 0.25) is 0 Å². The first kappa shape index (κ1) is 10.4. The first-order valence-electron chi connectivity index (χ1n) is 6.20. The van der Waals surface area contributed by atoms with Crippen LogP contribution >= 0.6 is 0 Å². The van der Waals surface area contributed by atoms with E-state index < -0.39 is 0 Å². The lowest BCUT2D eigenvalue weighted by Gasteiger charge is -2.41. The largest absolute Gasteiger partial charge is 0.316 e. The molecule has 2 fully saturated rings. The van der Waals surface area contributed by atoms with Crippen molar-refractivity contribution in [1.29, 1.82) is 0 Å². The summed E-state index contributed by atoms with van der Waals surface area (Å²) in [5.41, 5.74) is 0. The number of rotatable bonds is 1. The van der Waals surface area contributed by atoms with Crippen LogP contribution in [0.1, 0.15) is 26.7 Å². The molecule has 2 rings (SSSR count). The maximum absolute atomic E-state index is 3.50. The van der Waals surface area contributed by atoms with Gasteiger partial charge in [-0.15, -0.1) is 0 Å². The zero-order chi connectivity index (χ0) is 9.97. The molecule has 0 aromatic carbocycles. The fourth-order valence-corrected chi connectivity index (χ4v) is 3.34. The van der Waals surface area contributed by atoms with Gasteiger partial charge in [0.05, 0.1) is 0 Å². The molecular weight excluding hydrogens is 172 g/mol. The van der Waals surface area contributed by atoms with E-state index in [1.165, 1.54) is 39.0 Å². The predicted molar refractivity (Wildman–Crippen MR) is 60.3 cm³/mol. The summed E-state index contributed by atoms with van der Waals surface area (Å²) in [5, 5.41) is 7.01. The van der Waals surface area contributed by atoms with Crippen molar-refractivity contribution in [3.63, 3.8) is 0 Å². The Balaban J connectivity index is 1.96. The summed E-state index contributed by atoms with van der Waals surface area (Å²) in [6.45, 7) is 9.80. The summed E-state index contributed by atoms with van der Waals surface area (Å²) in [4.78, 5) is 0. The van der Waals surface area contributed by atoms with E-state index in [4.69, 9.17) is 0 Å². The molecule has 2 heterocycles. The topological polar surface area (TPSA) is 24.1 Å². The summed E-state index contributed by atoms with van der Waals surface area (Å²) < 4.78 is 0. The van der Waals surface area contributed by atoms with Gasteiger partial charge in [0.15, 0.2) is 0 Å². The van der Waals surface area contributed by atoms with Gasteiger partial charge in [0.25, 0.3) is 0 Å². The average Bonchev–Trinajstić information content (AvgIpc) is 2.20. The average molecular weight is 196 g/mol. The van der Waals surface area contributed by atoms with Crippen molar-refractivity contribution in [2.75, 3.05) is 26.2 Å². The quantitative estimate of drug-likeness (QED) is 0.664. The molecule has 0 amide bonds. The van der Waals surface area contributed by atoms with Crippen molar-refractivity contribution in [2.24, 2.45) is 23.7 Å². The van der Waals surface area contributed by atoms with Crippen molar-refractivity contribution < 1.29 is 0 Å². The zero-order valence-electron chi connectivity index (χ0n) is 9.55. The normalized spacial score (nSPS) is 45.0. The van der Waals surface area contributed by atoms with E-state index in [1.54, 1.807) is 0 Å². The van der Waals surface area contributed by atoms with Gasteiger partial charge in [-0.05, 0) is 62.7 Å². The summed E-state index contributed by atoms with van der Waals surface area (Å²) in [6.07, 6.45) is 2.80. The molecule has 4 atom stereocenters. The molecule has 2 heteroatoms. The summed E-state index contributed by atoms with van der Waals surface area (Å²) in [6, 6.07) is 0. The maximum atomic E-state index is 3.50. The zero-order valence-corrected chi connectivity index (χ0v) is 9.55. The predicted octanol–water partition coefficient (Wildman–Crippen LogP) is 1.48. The minimum absolute atomic E-state index is 0.884. The molecule has 14 heavy (non-hydrogen) atoms. The second-order valence-corrected chi connectivity index (χ2v) is 5.27. The minimum Gasteiger partial charge on any atom is -0.316 e. The Hall–Kier alpha value is -0.0800. The molecule has 2 aliphatic rings. The Morgan fingerprint density at radius 2 is 1.21 bits per heavy atom. The van der Waals surface area contributed by atoms with Crippen LogP contribution in [-0.4, -0.2) is 26.2 Å². The second-order valence-electron chi connectivity index (χ2n) is 5.27. The molecule has 2 N–H and O–H groups in total. The minimum atomic E-state index is 0.884. The Labute approximate surface area is 87.8 Å². The first-order valence-corrected chi connectivity index (χ1v) is 6.20. The molecule has 0 aromatic heterocycles. The van der Waals surface area contributed by atoms with Gasteiger partial charge in [-0.1, -0.05) is 13.8 Å². The number of nitrogens with one attached hydrogen (secondary N) is 2. The van der Waals surface area contributed by atoms with Gasteiger partial charge >= 0.3 is 0 Å². The van der Waals surface area contributed by atoms with E-state index in [-0.39, 0.29) is 0 Å². The molecule has 0 aromatic rings. The lowest BCUT2D eigenvalue weighted by atomic mass is 9.70. The molecule has 0 saturated carbocycles. The van der Waals surface area contributed by atoms with Crippen LogP contribution in [-0.2, 0) is 0 Å². The third kappa shape index (κ3) is 2.12. The fraction of sp³-hybridized carbons (Fsp3) is 1.00. The van der Waals surface area contributed by atoms with Gasteiger partial charge in [-0.25, -0.2) is 0 Å². The van der Waals surface area contributed by atoms with Crippen molar-refractivity contribution in [1.82, 2.24) is 10.6 Å². The standard InChI is InChI=1S/C12H24N2/c1-9-7-13-5-3-11(9)12-4-6-14-8-10(12)2/h9-14H,3-8H2,1-2H3. The van der Waals surface area contributed by atoms with E-state index in [0.717, 1.165) is 23.7 Å². The van der Waals surface area contributed by atoms with Crippen molar-refractivity contribution in [2.45, 2.75) is 26.7 Å². The molecule has 2 nitrogen and oxygen atoms in total. The lowest BCUT2D eigenvalue weighted by Crippen LogP contribution is -2.45. The summed E-state index contributed by atoms with van der Waals surface area (Å²) in [5.74, 6) is 3.73. The first-order chi connectivity index (χ1) is 6.79. The molecule has 0 aliphatic carbocycles. The van der Waals surface area contributed by atoms with Crippen LogP contribution in [0.4, 0.5) is 0 Å². The van der Waals surface area contributed by atoms with Crippen molar-refractivity contribution in [3.8, 4) is 0 Å². The lowest BCUT2D eigenvalue weighted by molar-refractivity contribution is 0.114. The van der Waals surface area contributed by atoms with Crippen LogP contribution in [0.15, 0.2) is 0 Å². The number of hydrogen-bond acceptors (Lipinski definition) is 2. The number of hydrogen-bond donors (Lipinski definition) is 2. The van der Waals surface area contributed by atoms with E-state index in [9.17, 15) is 0 Å². The molecule has 0 radical (unpaired) electrons. The van der Waals surface area contributed by atoms with Crippen LogP contribution in [0.3, 0.4) is 0 Å². The van der Waals surface area contributed by atoms with Crippen LogP contribution < -0.4 is 10.6 Å². The number of piperidine rings is 2. The molecule has 0 spiro atoms. The maximum Gasteiger partial charge on any atom is -0.00204 e. The van der Waals surface area contributed by atoms with Crippen LogP contribution in [0.5, 0.6) is 0 Å². The van der Waals surface area contributed by atoms with Crippen LogP contribution in [0, 0.1) is 23.7 Å². The Bertz CT molecular complexity index is 161. The van der Waals surface area contributed by atoms with Gasteiger partial charge in [0, 0.05) is 0 Å². The van der Waals surface area contributed by atoms with E-state index in [2.05, 4.69) is 24.5 Å². The SMILES string of the molecule is CC1CNCCC1C1CCNCC1C. The van der Waals surface area contributed by atoms with E-state index in [0.29, 0.717) is 0 Å². The summed E-state index contributed by atoms with van der Waals surface area (Å²) >= 11 is 0. The fourth-order valence-electron chi connectivity index (χ4n) is 3.34. The highest BCUT2D eigenvalue weighted by atomic mass is 14.9. The smallest absolute Gasteiger partial charge is 0.00204 e. The van der Waals surface area contributed by atoms with Gasteiger partial charge < -0.3 is 10.6 Å². The molecule has 4 unspecified atom stereocenters. The van der Waals surface area contributed by atoms with Crippen molar-refractivity contribution in [3.05, 3.63) is 0 Å². The van der Waals surface area contributed by atoms with Gasteiger partial charge in [0.1, 0.15) is 0 Å². The van der Waals surface area contributed by atoms with E-state index >= 15 is 0 Å². The van der Waals surface area contributed by atoms with Gasteiger partial charge in [-0.3, -0.25) is 0 Å².